The fourth-order valence-electron chi connectivity index (χ4n) is 1.88. The first-order valence-corrected chi connectivity index (χ1v) is 4.88. The second-order valence-electron chi connectivity index (χ2n) is 3.61. The molecule has 72 valence electrons. The lowest BCUT2D eigenvalue weighted by Crippen LogP contribution is -2.44. The van der Waals surface area contributed by atoms with Gasteiger partial charge in [0.1, 0.15) is 0 Å². The second kappa shape index (κ2) is 4.80. The molecule has 0 saturated carbocycles. The molecule has 1 fully saturated rings. The molecule has 3 nitrogen and oxygen atoms in total. The zero-order valence-corrected chi connectivity index (χ0v) is 7.87. The molecule has 0 radical (unpaired) electrons. The van der Waals surface area contributed by atoms with E-state index in [4.69, 9.17) is 5.73 Å². The Kier molecular flexibility index (Phi) is 3.98. The van der Waals surface area contributed by atoms with Crippen molar-refractivity contribution < 1.29 is 5.11 Å². The van der Waals surface area contributed by atoms with Gasteiger partial charge in [-0.1, -0.05) is 6.92 Å². The van der Waals surface area contributed by atoms with Crippen molar-refractivity contribution >= 4 is 0 Å². The van der Waals surface area contributed by atoms with Crippen molar-refractivity contribution in [3.05, 3.63) is 0 Å². The normalized spacial score (nSPS) is 32.2. The smallest absolute Gasteiger partial charge is 0.0592 e. The van der Waals surface area contributed by atoms with E-state index in [0.717, 1.165) is 39.0 Å². The third-order valence-corrected chi connectivity index (χ3v) is 2.75. The third kappa shape index (κ3) is 2.44. The van der Waals surface area contributed by atoms with Gasteiger partial charge in [0.15, 0.2) is 0 Å². The summed E-state index contributed by atoms with van der Waals surface area (Å²) in [7, 11) is 0. The van der Waals surface area contributed by atoms with E-state index in [1.807, 2.05) is 0 Å². The van der Waals surface area contributed by atoms with Gasteiger partial charge in [-0.3, -0.25) is 0 Å². The summed E-state index contributed by atoms with van der Waals surface area (Å²) in [5, 5.41) is 9.60. The van der Waals surface area contributed by atoms with Crippen LogP contribution < -0.4 is 5.73 Å². The van der Waals surface area contributed by atoms with Crippen LogP contribution in [0.1, 0.15) is 19.8 Å². The molecule has 1 aliphatic heterocycles. The predicted molar refractivity (Wildman–Crippen MR) is 49.9 cm³/mol. The van der Waals surface area contributed by atoms with Gasteiger partial charge < -0.3 is 15.7 Å². The number of hydrogen-bond donors (Lipinski definition) is 2. The SMILES string of the molecule is CCC1CN(CCN)CCC1O. The maximum atomic E-state index is 9.60. The van der Waals surface area contributed by atoms with Gasteiger partial charge in [-0.15, -0.1) is 0 Å². The average Bonchev–Trinajstić information content (AvgIpc) is 2.09. The van der Waals surface area contributed by atoms with Gasteiger partial charge in [0.05, 0.1) is 6.10 Å². The summed E-state index contributed by atoms with van der Waals surface area (Å²) in [5.74, 6) is 0.463. The van der Waals surface area contributed by atoms with Crippen molar-refractivity contribution in [1.29, 1.82) is 0 Å². The molecule has 0 aromatic rings. The van der Waals surface area contributed by atoms with Gasteiger partial charge in [0, 0.05) is 26.2 Å². The van der Waals surface area contributed by atoms with Gasteiger partial charge in [-0.05, 0) is 18.8 Å². The Morgan fingerprint density at radius 2 is 2.33 bits per heavy atom. The molecule has 3 heteroatoms. The zero-order chi connectivity index (χ0) is 8.97. The Bertz CT molecular complexity index is 130. The van der Waals surface area contributed by atoms with E-state index in [9.17, 15) is 5.11 Å². The highest BCUT2D eigenvalue weighted by atomic mass is 16.3. The first kappa shape index (κ1) is 9.96. The number of aliphatic hydroxyl groups excluding tert-OH is 1. The summed E-state index contributed by atoms with van der Waals surface area (Å²) >= 11 is 0. The van der Waals surface area contributed by atoms with E-state index in [1.54, 1.807) is 0 Å². The molecule has 0 bridgehead atoms. The standard InChI is InChI=1S/C9H20N2O/c1-2-8-7-11(6-4-10)5-3-9(8)12/h8-9,12H,2-7,10H2,1H3. The summed E-state index contributed by atoms with van der Waals surface area (Å²) in [6.45, 7) is 5.87. The molecule has 0 spiro atoms. The molecule has 0 aromatic heterocycles. The Labute approximate surface area is 74.5 Å². The lowest BCUT2D eigenvalue weighted by molar-refractivity contribution is 0.0264. The number of hydrogen-bond acceptors (Lipinski definition) is 3. The van der Waals surface area contributed by atoms with Crippen LogP contribution in [0.25, 0.3) is 0 Å². The Hall–Kier alpha value is -0.120. The quantitative estimate of drug-likeness (QED) is 0.632. The number of aliphatic hydroxyl groups is 1. The number of rotatable bonds is 3. The fraction of sp³-hybridized carbons (Fsp3) is 1.00. The van der Waals surface area contributed by atoms with E-state index < -0.39 is 0 Å². The van der Waals surface area contributed by atoms with E-state index in [2.05, 4.69) is 11.8 Å². The van der Waals surface area contributed by atoms with E-state index in [0.29, 0.717) is 5.92 Å². The molecule has 3 N–H and O–H groups in total. The van der Waals surface area contributed by atoms with Crippen molar-refractivity contribution in [2.24, 2.45) is 11.7 Å². The summed E-state index contributed by atoms with van der Waals surface area (Å²) in [5.41, 5.74) is 5.48. The zero-order valence-electron chi connectivity index (χ0n) is 7.87. The van der Waals surface area contributed by atoms with Crippen LogP contribution in [0.2, 0.25) is 0 Å². The maximum Gasteiger partial charge on any atom is 0.0592 e. The molecule has 1 rings (SSSR count). The Morgan fingerprint density at radius 3 is 2.92 bits per heavy atom. The number of nitrogens with two attached hydrogens (primary N) is 1. The van der Waals surface area contributed by atoms with Crippen molar-refractivity contribution in [3.63, 3.8) is 0 Å². The fourth-order valence-corrected chi connectivity index (χ4v) is 1.88. The van der Waals surface area contributed by atoms with Crippen LogP contribution in [-0.4, -0.2) is 42.3 Å². The van der Waals surface area contributed by atoms with Crippen LogP contribution in [-0.2, 0) is 0 Å². The van der Waals surface area contributed by atoms with E-state index >= 15 is 0 Å². The Morgan fingerprint density at radius 1 is 1.58 bits per heavy atom. The van der Waals surface area contributed by atoms with Crippen LogP contribution in [0.15, 0.2) is 0 Å². The van der Waals surface area contributed by atoms with Crippen molar-refractivity contribution in [2.45, 2.75) is 25.9 Å². The Balaban J connectivity index is 2.33. The molecule has 0 amide bonds. The first-order valence-electron chi connectivity index (χ1n) is 4.88. The van der Waals surface area contributed by atoms with Gasteiger partial charge >= 0.3 is 0 Å². The largest absolute Gasteiger partial charge is 0.393 e. The molecule has 1 saturated heterocycles. The van der Waals surface area contributed by atoms with Crippen molar-refractivity contribution in [1.82, 2.24) is 4.90 Å². The highest BCUT2D eigenvalue weighted by molar-refractivity contribution is 4.78. The predicted octanol–water partition coefficient (Wildman–Crippen LogP) is 0.0379. The summed E-state index contributed by atoms with van der Waals surface area (Å²) in [6.07, 6.45) is 1.91. The lowest BCUT2D eigenvalue weighted by atomic mass is 9.92. The lowest BCUT2D eigenvalue weighted by Gasteiger charge is -2.35. The minimum Gasteiger partial charge on any atom is -0.393 e. The van der Waals surface area contributed by atoms with Crippen LogP contribution in [0.4, 0.5) is 0 Å². The van der Waals surface area contributed by atoms with E-state index in [-0.39, 0.29) is 6.10 Å². The van der Waals surface area contributed by atoms with E-state index in [1.165, 1.54) is 0 Å². The number of piperidine rings is 1. The van der Waals surface area contributed by atoms with Crippen LogP contribution >= 0.6 is 0 Å². The van der Waals surface area contributed by atoms with Crippen molar-refractivity contribution in [3.8, 4) is 0 Å². The third-order valence-electron chi connectivity index (χ3n) is 2.75. The summed E-state index contributed by atoms with van der Waals surface area (Å²) in [4.78, 5) is 2.35. The van der Waals surface area contributed by atoms with Gasteiger partial charge in [-0.2, -0.15) is 0 Å². The molecule has 12 heavy (non-hydrogen) atoms. The second-order valence-corrected chi connectivity index (χ2v) is 3.61. The van der Waals surface area contributed by atoms with Crippen molar-refractivity contribution in [2.75, 3.05) is 26.2 Å². The number of nitrogens with zero attached hydrogens (tertiary/aromatic N) is 1. The summed E-state index contributed by atoms with van der Waals surface area (Å²) < 4.78 is 0. The molecule has 1 heterocycles. The monoisotopic (exact) mass is 172 g/mol. The molecular formula is C9H20N2O. The molecule has 2 unspecified atom stereocenters. The van der Waals surface area contributed by atoms with Gasteiger partial charge in [0.2, 0.25) is 0 Å². The first-order chi connectivity index (χ1) is 5.77. The van der Waals surface area contributed by atoms with Crippen LogP contribution in [0.5, 0.6) is 0 Å². The minimum absolute atomic E-state index is 0.0796. The molecule has 1 aliphatic rings. The van der Waals surface area contributed by atoms with Gasteiger partial charge in [0.25, 0.3) is 0 Å². The number of likely N-dealkylation sites (tertiary alicyclic amines) is 1. The summed E-state index contributed by atoms with van der Waals surface area (Å²) in [6, 6.07) is 0. The minimum atomic E-state index is -0.0796. The topological polar surface area (TPSA) is 49.5 Å². The van der Waals surface area contributed by atoms with Crippen LogP contribution in [0.3, 0.4) is 0 Å². The maximum absolute atomic E-state index is 9.60. The van der Waals surface area contributed by atoms with Crippen LogP contribution in [0, 0.1) is 5.92 Å². The average molecular weight is 172 g/mol. The molecule has 0 aliphatic carbocycles. The molecule has 0 aromatic carbocycles. The molecular weight excluding hydrogens is 152 g/mol. The van der Waals surface area contributed by atoms with Gasteiger partial charge in [-0.25, -0.2) is 0 Å². The highest BCUT2D eigenvalue weighted by Gasteiger charge is 2.25. The molecule has 2 atom stereocenters. The highest BCUT2D eigenvalue weighted by Crippen LogP contribution is 2.19.